The van der Waals surface area contributed by atoms with Gasteiger partial charge in [-0.1, -0.05) is 26.0 Å². The van der Waals surface area contributed by atoms with E-state index in [1.54, 1.807) is 24.3 Å². The predicted molar refractivity (Wildman–Crippen MR) is 74.2 cm³/mol. The molecule has 0 aromatic heterocycles. The minimum atomic E-state index is -3.48. The lowest BCUT2D eigenvalue weighted by Gasteiger charge is -2.13. The molecule has 1 unspecified atom stereocenters. The molecular formula is C14H21NO3S. The van der Waals surface area contributed by atoms with Crippen LogP contribution in [-0.2, 0) is 10.0 Å². The normalized spacial score (nSPS) is 19.1. The summed E-state index contributed by atoms with van der Waals surface area (Å²) in [4.78, 5) is 0.224. The van der Waals surface area contributed by atoms with Gasteiger partial charge in [0.15, 0.2) is 0 Å². The van der Waals surface area contributed by atoms with Gasteiger partial charge in [-0.3, -0.25) is 0 Å². The van der Waals surface area contributed by atoms with Gasteiger partial charge >= 0.3 is 0 Å². The van der Waals surface area contributed by atoms with Gasteiger partial charge in [0.25, 0.3) is 0 Å². The molecule has 4 nitrogen and oxygen atoms in total. The number of hydrogen-bond acceptors (Lipinski definition) is 3. The van der Waals surface area contributed by atoms with Gasteiger partial charge in [0.1, 0.15) is 0 Å². The highest BCUT2D eigenvalue weighted by Crippen LogP contribution is 2.44. The fourth-order valence-corrected chi connectivity index (χ4v) is 3.12. The highest BCUT2D eigenvalue weighted by atomic mass is 32.2. The Kier molecular flexibility index (Phi) is 3.99. The number of aliphatic hydroxyl groups excluding tert-OH is 1. The van der Waals surface area contributed by atoms with Crippen LogP contribution in [0.1, 0.15) is 44.8 Å². The molecule has 19 heavy (non-hydrogen) atoms. The third-order valence-corrected chi connectivity index (χ3v) is 5.13. The van der Waals surface area contributed by atoms with Crippen molar-refractivity contribution in [3.8, 4) is 0 Å². The van der Waals surface area contributed by atoms with Crippen LogP contribution in [0.25, 0.3) is 0 Å². The smallest absolute Gasteiger partial charge is 0.240 e. The molecule has 2 N–H and O–H groups in total. The minimum absolute atomic E-state index is 0.133. The lowest BCUT2D eigenvalue weighted by atomic mass is 10.1. The Morgan fingerprint density at radius 2 is 2.11 bits per heavy atom. The molecule has 106 valence electrons. The van der Waals surface area contributed by atoms with Crippen molar-refractivity contribution < 1.29 is 13.5 Å². The zero-order valence-electron chi connectivity index (χ0n) is 11.4. The molecule has 5 heteroatoms. The van der Waals surface area contributed by atoms with Crippen molar-refractivity contribution in [3.63, 3.8) is 0 Å². The molecule has 0 aliphatic heterocycles. The molecule has 1 aromatic rings. The van der Waals surface area contributed by atoms with Gasteiger partial charge in [-0.15, -0.1) is 0 Å². The van der Waals surface area contributed by atoms with Crippen LogP contribution >= 0.6 is 0 Å². The van der Waals surface area contributed by atoms with E-state index in [2.05, 4.69) is 11.6 Å². The van der Waals surface area contributed by atoms with Crippen LogP contribution in [0.3, 0.4) is 0 Å². The summed E-state index contributed by atoms with van der Waals surface area (Å²) in [5.41, 5.74) is 0.774. The first-order valence-corrected chi connectivity index (χ1v) is 8.12. The Hall–Kier alpha value is -0.910. The summed E-state index contributed by atoms with van der Waals surface area (Å²) in [5, 5.41) is 9.77. The van der Waals surface area contributed by atoms with Crippen LogP contribution in [0.5, 0.6) is 0 Å². The Morgan fingerprint density at radius 3 is 2.68 bits per heavy atom. The highest BCUT2D eigenvalue weighted by molar-refractivity contribution is 7.89. The Bertz CT molecular complexity index is 550. The van der Waals surface area contributed by atoms with E-state index in [0.29, 0.717) is 18.5 Å². The van der Waals surface area contributed by atoms with E-state index in [1.165, 1.54) is 0 Å². The van der Waals surface area contributed by atoms with Crippen molar-refractivity contribution in [1.29, 1.82) is 0 Å². The summed E-state index contributed by atoms with van der Waals surface area (Å²) in [6, 6.07) is 6.52. The molecule has 0 amide bonds. The molecule has 0 saturated heterocycles. The standard InChI is InChI=1S/C14H21NO3S/c1-3-13(16)11-5-4-6-12(9-11)19(17,18)15-10-14(2)7-8-14/h4-6,9,13,15-16H,3,7-8,10H2,1-2H3. The summed E-state index contributed by atoms with van der Waals surface area (Å²) >= 11 is 0. The molecule has 0 radical (unpaired) electrons. The van der Waals surface area contributed by atoms with E-state index in [9.17, 15) is 13.5 Å². The molecule has 1 saturated carbocycles. The molecular weight excluding hydrogens is 262 g/mol. The number of rotatable bonds is 6. The summed E-state index contributed by atoms with van der Waals surface area (Å²) < 4.78 is 27.0. The number of nitrogens with one attached hydrogen (secondary N) is 1. The summed E-state index contributed by atoms with van der Waals surface area (Å²) in [6.45, 7) is 4.42. The lowest BCUT2D eigenvalue weighted by molar-refractivity contribution is 0.173. The molecule has 1 aliphatic carbocycles. The SMILES string of the molecule is CCC(O)c1cccc(S(=O)(=O)NCC2(C)CC2)c1. The Labute approximate surface area is 114 Å². The van der Waals surface area contributed by atoms with Gasteiger partial charge < -0.3 is 5.11 Å². The second kappa shape index (κ2) is 5.23. The van der Waals surface area contributed by atoms with E-state index < -0.39 is 16.1 Å². The summed E-state index contributed by atoms with van der Waals surface area (Å²) in [7, 11) is -3.48. The Balaban J connectivity index is 2.15. The van der Waals surface area contributed by atoms with Crippen molar-refractivity contribution in [2.24, 2.45) is 5.41 Å². The van der Waals surface area contributed by atoms with Crippen LogP contribution in [0, 0.1) is 5.41 Å². The average Bonchev–Trinajstić information content (AvgIpc) is 3.14. The number of aliphatic hydroxyl groups is 1. The zero-order valence-corrected chi connectivity index (χ0v) is 12.2. The summed E-state index contributed by atoms with van der Waals surface area (Å²) in [6.07, 6.45) is 2.10. The van der Waals surface area contributed by atoms with Gasteiger partial charge in [-0.05, 0) is 42.4 Å². The zero-order chi connectivity index (χ0) is 14.1. The molecule has 0 heterocycles. The Morgan fingerprint density at radius 1 is 1.42 bits per heavy atom. The lowest BCUT2D eigenvalue weighted by Crippen LogP contribution is -2.29. The van der Waals surface area contributed by atoms with Gasteiger partial charge in [0.05, 0.1) is 11.0 Å². The maximum Gasteiger partial charge on any atom is 0.240 e. The van der Waals surface area contributed by atoms with Gasteiger partial charge in [0.2, 0.25) is 10.0 Å². The quantitative estimate of drug-likeness (QED) is 0.841. The largest absolute Gasteiger partial charge is 0.388 e. The van der Waals surface area contributed by atoms with Crippen molar-refractivity contribution in [2.75, 3.05) is 6.54 Å². The highest BCUT2D eigenvalue weighted by Gasteiger charge is 2.38. The van der Waals surface area contributed by atoms with E-state index in [-0.39, 0.29) is 10.3 Å². The first-order valence-electron chi connectivity index (χ1n) is 6.64. The maximum absolute atomic E-state index is 12.2. The van der Waals surface area contributed by atoms with Gasteiger partial charge in [-0.25, -0.2) is 13.1 Å². The van der Waals surface area contributed by atoms with E-state index in [4.69, 9.17) is 0 Å². The number of benzene rings is 1. The second-order valence-electron chi connectivity index (χ2n) is 5.63. The first-order chi connectivity index (χ1) is 8.86. The monoisotopic (exact) mass is 283 g/mol. The molecule has 1 fully saturated rings. The van der Waals surface area contributed by atoms with Gasteiger partial charge in [0, 0.05) is 6.54 Å². The van der Waals surface area contributed by atoms with E-state index in [0.717, 1.165) is 12.8 Å². The topological polar surface area (TPSA) is 66.4 Å². The first kappa shape index (κ1) is 14.5. The van der Waals surface area contributed by atoms with E-state index in [1.807, 2.05) is 6.92 Å². The van der Waals surface area contributed by atoms with Crippen LogP contribution in [0.2, 0.25) is 0 Å². The fraction of sp³-hybridized carbons (Fsp3) is 0.571. The number of sulfonamides is 1. The van der Waals surface area contributed by atoms with Crippen molar-refractivity contribution in [2.45, 2.75) is 44.1 Å². The number of hydrogen-bond donors (Lipinski definition) is 2. The molecule has 0 bridgehead atoms. The third-order valence-electron chi connectivity index (χ3n) is 3.73. The molecule has 0 spiro atoms. The third kappa shape index (κ3) is 3.55. The average molecular weight is 283 g/mol. The van der Waals surface area contributed by atoms with Crippen molar-refractivity contribution in [1.82, 2.24) is 4.72 Å². The van der Waals surface area contributed by atoms with E-state index >= 15 is 0 Å². The molecule has 1 atom stereocenters. The maximum atomic E-state index is 12.2. The van der Waals surface area contributed by atoms with Crippen LogP contribution in [-0.4, -0.2) is 20.1 Å². The van der Waals surface area contributed by atoms with Crippen LogP contribution < -0.4 is 4.72 Å². The van der Waals surface area contributed by atoms with Gasteiger partial charge in [-0.2, -0.15) is 0 Å². The summed E-state index contributed by atoms with van der Waals surface area (Å²) in [5.74, 6) is 0. The molecule has 2 rings (SSSR count). The van der Waals surface area contributed by atoms with Crippen molar-refractivity contribution >= 4 is 10.0 Å². The second-order valence-corrected chi connectivity index (χ2v) is 7.40. The van der Waals surface area contributed by atoms with Crippen LogP contribution in [0.4, 0.5) is 0 Å². The van der Waals surface area contributed by atoms with Crippen molar-refractivity contribution in [3.05, 3.63) is 29.8 Å². The minimum Gasteiger partial charge on any atom is -0.388 e. The molecule has 1 aliphatic rings. The fourth-order valence-electron chi connectivity index (χ4n) is 1.87. The predicted octanol–water partition coefficient (Wildman–Crippen LogP) is 2.21. The molecule has 1 aromatic carbocycles. The van der Waals surface area contributed by atoms with Crippen LogP contribution in [0.15, 0.2) is 29.2 Å².